The van der Waals surface area contributed by atoms with Gasteiger partial charge in [0.15, 0.2) is 0 Å². The van der Waals surface area contributed by atoms with Crippen LogP contribution in [0.2, 0.25) is 0 Å². The van der Waals surface area contributed by atoms with Gasteiger partial charge in [0.05, 0.1) is 11.7 Å². The highest BCUT2D eigenvalue weighted by molar-refractivity contribution is 7.89. The number of nitrogens with zero attached hydrogens (tertiary/aromatic N) is 3. The maximum absolute atomic E-state index is 12.8. The topological polar surface area (TPSA) is 70.6 Å². The predicted molar refractivity (Wildman–Crippen MR) is 91.7 cm³/mol. The van der Waals surface area contributed by atoms with Gasteiger partial charge in [-0.2, -0.15) is 4.31 Å². The Labute approximate surface area is 143 Å². The molecule has 1 saturated carbocycles. The third kappa shape index (κ3) is 3.19. The highest BCUT2D eigenvalue weighted by atomic mass is 32.2. The van der Waals surface area contributed by atoms with Gasteiger partial charge in [-0.05, 0) is 31.9 Å². The van der Waals surface area contributed by atoms with Crippen LogP contribution in [-0.2, 0) is 14.8 Å². The van der Waals surface area contributed by atoms with E-state index in [0.717, 1.165) is 31.4 Å². The number of carbonyl (C=O) groups is 1. The summed E-state index contributed by atoms with van der Waals surface area (Å²) in [6, 6.07) is 5.16. The fourth-order valence-electron chi connectivity index (χ4n) is 3.50. The molecule has 1 aliphatic carbocycles. The van der Waals surface area contributed by atoms with Crippen molar-refractivity contribution in [2.24, 2.45) is 5.92 Å². The SMILES string of the molecule is C[C@@H](c1ccccn1)N(C)S(=O)(=O)C1CN(C(=O)C2CCCC2)C1. The van der Waals surface area contributed by atoms with Crippen LogP contribution in [0.15, 0.2) is 24.4 Å². The molecule has 7 heteroatoms. The van der Waals surface area contributed by atoms with Crippen LogP contribution in [0.5, 0.6) is 0 Å². The van der Waals surface area contributed by atoms with Crippen LogP contribution in [0.1, 0.15) is 44.3 Å². The molecule has 1 saturated heterocycles. The van der Waals surface area contributed by atoms with Gasteiger partial charge in [0.1, 0.15) is 5.25 Å². The fraction of sp³-hybridized carbons (Fsp3) is 0.647. The van der Waals surface area contributed by atoms with E-state index in [1.807, 2.05) is 25.1 Å². The van der Waals surface area contributed by atoms with Gasteiger partial charge in [0.2, 0.25) is 15.9 Å². The lowest BCUT2D eigenvalue weighted by Gasteiger charge is -2.42. The molecule has 6 nitrogen and oxygen atoms in total. The maximum Gasteiger partial charge on any atom is 0.225 e. The lowest BCUT2D eigenvalue weighted by molar-refractivity contribution is -0.138. The molecule has 0 radical (unpaired) electrons. The second kappa shape index (κ2) is 6.80. The Morgan fingerprint density at radius 1 is 1.29 bits per heavy atom. The average molecular weight is 351 g/mol. The number of hydrogen-bond acceptors (Lipinski definition) is 4. The van der Waals surface area contributed by atoms with E-state index in [1.165, 1.54) is 4.31 Å². The minimum Gasteiger partial charge on any atom is -0.340 e. The Kier molecular flexibility index (Phi) is 4.92. The van der Waals surface area contributed by atoms with Gasteiger partial charge in [-0.1, -0.05) is 18.9 Å². The lowest BCUT2D eigenvalue weighted by Crippen LogP contribution is -2.60. The van der Waals surface area contributed by atoms with Crippen molar-refractivity contribution < 1.29 is 13.2 Å². The molecule has 1 aromatic rings. The molecule has 2 heterocycles. The van der Waals surface area contributed by atoms with Crippen LogP contribution in [0.4, 0.5) is 0 Å². The third-order valence-electron chi connectivity index (χ3n) is 5.35. The van der Waals surface area contributed by atoms with E-state index < -0.39 is 15.3 Å². The smallest absolute Gasteiger partial charge is 0.225 e. The standard InChI is InChI=1S/C17H25N3O3S/c1-13(16-9-5-6-10-18-16)19(2)24(22,23)15-11-20(12-15)17(21)14-7-3-4-8-14/h5-6,9-10,13-15H,3-4,7-8,11-12H2,1-2H3/t13-/m0/s1. The van der Waals surface area contributed by atoms with Crippen molar-refractivity contribution in [1.29, 1.82) is 0 Å². The summed E-state index contributed by atoms with van der Waals surface area (Å²) in [5, 5.41) is -0.501. The zero-order valence-electron chi connectivity index (χ0n) is 14.3. The van der Waals surface area contributed by atoms with E-state index in [1.54, 1.807) is 18.1 Å². The van der Waals surface area contributed by atoms with E-state index in [-0.39, 0.29) is 17.9 Å². The normalized spacial score (nSPS) is 21.0. The summed E-state index contributed by atoms with van der Waals surface area (Å²) < 4.78 is 26.9. The molecule has 0 N–H and O–H groups in total. The number of sulfonamides is 1. The first kappa shape index (κ1) is 17.4. The molecule has 0 spiro atoms. The maximum atomic E-state index is 12.8. The van der Waals surface area contributed by atoms with Crippen LogP contribution in [0, 0.1) is 5.92 Å². The van der Waals surface area contributed by atoms with Gasteiger partial charge in [-0.15, -0.1) is 0 Å². The first-order chi connectivity index (χ1) is 11.4. The van der Waals surface area contributed by atoms with Crippen LogP contribution >= 0.6 is 0 Å². The number of carbonyl (C=O) groups excluding carboxylic acids is 1. The van der Waals surface area contributed by atoms with Crippen LogP contribution in [0.3, 0.4) is 0 Å². The minimum atomic E-state index is -3.44. The van der Waals surface area contributed by atoms with Gasteiger partial charge in [-0.25, -0.2) is 8.42 Å². The Hall–Kier alpha value is -1.47. The summed E-state index contributed by atoms with van der Waals surface area (Å²) >= 11 is 0. The largest absolute Gasteiger partial charge is 0.340 e. The van der Waals surface area contributed by atoms with Crippen LogP contribution in [-0.4, -0.2) is 53.9 Å². The van der Waals surface area contributed by atoms with Gasteiger partial charge in [0, 0.05) is 32.3 Å². The van der Waals surface area contributed by atoms with Gasteiger partial charge < -0.3 is 4.90 Å². The van der Waals surface area contributed by atoms with Gasteiger partial charge in [0.25, 0.3) is 0 Å². The minimum absolute atomic E-state index is 0.110. The summed E-state index contributed by atoms with van der Waals surface area (Å²) in [7, 11) is -1.85. The molecular weight excluding hydrogens is 326 g/mol. The van der Waals surface area contributed by atoms with Crippen molar-refractivity contribution in [3.63, 3.8) is 0 Å². The van der Waals surface area contributed by atoms with Crippen molar-refractivity contribution in [1.82, 2.24) is 14.2 Å². The molecule has 0 aromatic carbocycles. The van der Waals surface area contributed by atoms with Gasteiger partial charge >= 0.3 is 0 Å². The summed E-state index contributed by atoms with van der Waals surface area (Å²) in [5.41, 5.74) is 0.724. The van der Waals surface area contributed by atoms with Crippen molar-refractivity contribution in [3.8, 4) is 0 Å². The number of hydrogen-bond donors (Lipinski definition) is 0. The Morgan fingerprint density at radius 3 is 2.54 bits per heavy atom. The first-order valence-corrected chi connectivity index (χ1v) is 10.1. The number of likely N-dealkylation sites (tertiary alicyclic amines) is 1. The van der Waals surface area contributed by atoms with Crippen molar-refractivity contribution in [2.45, 2.75) is 43.9 Å². The van der Waals surface area contributed by atoms with E-state index in [0.29, 0.717) is 13.1 Å². The molecule has 2 fully saturated rings. The van der Waals surface area contributed by atoms with E-state index >= 15 is 0 Å². The Morgan fingerprint density at radius 2 is 1.96 bits per heavy atom. The quantitative estimate of drug-likeness (QED) is 0.811. The second-order valence-corrected chi connectivity index (χ2v) is 9.11. The van der Waals surface area contributed by atoms with Crippen molar-refractivity contribution >= 4 is 15.9 Å². The molecule has 0 bridgehead atoms. The van der Waals surface area contributed by atoms with E-state index in [4.69, 9.17) is 0 Å². The number of amides is 1. The zero-order valence-corrected chi connectivity index (χ0v) is 15.1. The van der Waals surface area contributed by atoms with Crippen LogP contribution in [0.25, 0.3) is 0 Å². The molecule has 3 rings (SSSR count). The molecule has 1 aromatic heterocycles. The second-order valence-electron chi connectivity index (χ2n) is 6.84. The number of pyridine rings is 1. The van der Waals surface area contributed by atoms with Gasteiger partial charge in [-0.3, -0.25) is 9.78 Å². The number of aromatic nitrogens is 1. The Balaban J connectivity index is 1.61. The average Bonchev–Trinajstić information content (AvgIpc) is 3.07. The summed E-state index contributed by atoms with van der Waals surface area (Å²) in [6.45, 7) is 2.47. The zero-order chi connectivity index (χ0) is 17.3. The molecule has 0 unspecified atom stereocenters. The molecule has 132 valence electrons. The summed E-state index contributed by atoms with van der Waals surface area (Å²) in [6.07, 6.45) is 5.77. The molecule has 2 aliphatic rings. The van der Waals surface area contributed by atoms with Crippen LogP contribution < -0.4 is 0 Å². The molecule has 24 heavy (non-hydrogen) atoms. The molecule has 1 amide bonds. The lowest BCUT2D eigenvalue weighted by atomic mass is 10.0. The molecule has 1 aliphatic heterocycles. The van der Waals surface area contributed by atoms with E-state index in [9.17, 15) is 13.2 Å². The Bertz CT molecular complexity index is 680. The predicted octanol–water partition coefficient (Wildman–Crippen LogP) is 1.81. The number of rotatable bonds is 5. The molecule has 1 atom stereocenters. The summed E-state index contributed by atoms with van der Waals surface area (Å²) in [5.74, 6) is 0.248. The summed E-state index contributed by atoms with van der Waals surface area (Å²) in [4.78, 5) is 18.3. The molecular formula is C17H25N3O3S. The fourth-order valence-corrected chi connectivity index (χ4v) is 5.26. The van der Waals surface area contributed by atoms with Crippen molar-refractivity contribution in [3.05, 3.63) is 30.1 Å². The first-order valence-electron chi connectivity index (χ1n) is 8.58. The van der Waals surface area contributed by atoms with E-state index in [2.05, 4.69) is 4.98 Å². The highest BCUT2D eigenvalue weighted by Crippen LogP contribution is 2.31. The van der Waals surface area contributed by atoms with Crippen molar-refractivity contribution in [2.75, 3.05) is 20.1 Å². The third-order valence-corrected chi connectivity index (χ3v) is 7.61. The highest BCUT2D eigenvalue weighted by Gasteiger charge is 2.44. The monoisotopic (exact) mass is 351 g/mol.